The molecule has 2 N–H and O–H groups in total. The van der Waals surface area contributed by atoms with Crippen molar-refractivity contribution in [2.75, 3.05) is 11.9 Å². The zero-order valence-electron chi connectivity index (χ0n) is 17.4. The average Bonchev–Trinajstić information content (AvgIpc) is 3.10. The van der Waals surface area contributed by atoms with E-state index in [0.717, 1.165) is 43.1 Å². The summed E-state index contributed by atoms with van der Waals surface area (Å²) in [6, 6.07) is 8.48. The number of para-hydroxylation sites is 1. The quantitative estimate of drug-likeness (QED) is 0.514. The maximum absolute atomic E-state index is 10.5. The third-order valence-electron chi connectivity index (χ3n) is 7.19. The Bertz CT molecular complexity index is 962. The highest BCUT2D eigenvalue weighted by Gasteiger charge is 2.50. The van der Waals surface area contributed by atoms with Crippen molar-refractivity contribution in [3.05, 3.63) is 35.5 Å². The fourth-order valence-electron chi connectivity index (χ4n) is 5.64. The number of aryl methyl sites for hydroxylation is 1. The number of nitrogens with zero attached hydrogens (tertiary/aromatic N) is 2. The van der Waals surface area contributed by atoms with Gasteiger partial charge in [0, 0.05) is 28.5 Å². The van der Waals surface area contributed by atoms with Gasteiger partial charge < -0.3 is 15.0 Å². The lowest BCUT2D eigenvalue weighted by molar-refractivity contribution is -0.191. The van der Waals surface area contributed by atoms with Gasteiger partial charge in [0.15, 0.2) is 6.19 Å². The van der Waals surface area contributed by atoms with Gasteiger partial charge in [-0.3, -0.25) is 0 Å². The standard InChI is InChI=1S/C22H28BrN3O.CO2/c1-14-17-11-19(26(13-24)12-22(17,2)9-7-20(14)27)21-16(8-10-23)15-5-3-4-6-18(15)25-21;2-1-3/h3-6,14,17,19-20,25,27H,7-12H2,1-2H3;/t14-,17-,19+,20+,22+;/m1./s1. The molecule has 0 bridgehead atoms. The monoisotopic (exact) mass is 473 g/mol. The molecule has 6 nitrogen and oxygen atoms in total. The summed E-state index contributed by atoms with van der Waals surface area (Å²) in [4.78, 5) is 21.9. The number of carbonyl (C=O) groups excluding carboxylic acids is 2. The zero-order chi connectivity index (χ0) is 21.9. The van der Waals surface area contributed by atoms with Crippen molar-refractivity contribution in [1.29, 1.82) is 5.26 Å². The number of H-pyrrole nitrogens is 1. The van der Waals surface area contributed by atoms with Gasteiger partial charge in [-0.2, -0.15) is 14.9 Å². The lowest BCUT2D eigenvalue weighted by atomic mass is 9.58. The number of benzene rings is 1. The third-order valence-corrected chi connectivity index (χ3v) is 7.58. The summed E-state index contributed by atoms with van der Waals surface area (Å²) in [5.74, 6) is 0.704. The molecule has 5 atom stereocenters. The number of piperidine rings is 1. The average molecular weight is 474 g/mol. The Morgan fingerprint density at radius 2 is 2.07 bits per heavy atom. The van der Waals surface area contributed by atoms with Crippen LogP contribution in [0, 0.1) is 28.7 Å². The second-order valence-corrected chi connectivity index (χ2v) is 9.58. The summed E-state index contributed by atoms with van der Waals surface area (Å²) in [5.41, 5.74) is 3.75. The minimum absolute atomic E-state index is 0.0577. The molecule has 1 aliphatic carbocycles. The highest BCUT2D eigenvalue weighted by Crippen LogP contribution is 2.53. The van der Waals surface area contributed by atoms with Gasteiger partial charge in [0.25, 0.3) is 0 Å². The van der Waals surface area contributed by atoms with Crippen molar-refractivity contribution in [2.45, 2.75) is 51.7 Å². The van der Waals surface area contributed by atoms with E-state index < -0.39 is 0 Å². The van der Waals surface area contributed by atoms with Gasteiger partial charge in [0.2, 0.25) is 0 Å². The second-order valence-electron chi connectivity index (χ2n) is 8.79. The number of nitriles is 1. The number of alkyl halides is 1. The highest BCUT2D eigenvalue weighted by molar-refractivity contribution is 9.09. The molecule has 1 saturated carbocycles. The molecule has 0 spiro atoms. The molecule has 2 heterocycles. The fraction of sp³-hybridized carbons (Fsp3) is 0.565. The number of likely N-dealkylation sites (tertiary alicyclic amines) is 1. The Balaban J connectivity index is 0.000000806. The molecule has 160 valence electrons. The summed E-state index contributed by atoms with van der Waals surface area (Å²) < 4.78 is 0. The van der Waals surface area contributed by atoms with Crippen LogP contribution in [0.25, 0.3) is 10.9 Å². The van der Waals surface area contributed by atoms with E-state index in [1.165, 1.54) is 16.6 Å². The minimum Gasteiger partial charge on any atom is -0.393 e. The maximum Gasteiger partial charge on any atom is 0.373 e. The molecule has 1 saturated heterocycles. The van der Waals surface area contributed by atoms with Crippen LogP contribution in [0.1, 0.15) is 50.4 Å². The Hall–Kier alpha value is -2.13. The summed E-state index contributed by atoms with van der Waals surface area (Å²) in [6.07, 6.45) is 6.22. The highest BCUT2D eigenvalue weighted by atomic mass is 79.9. The van der Waals surface area contributed by atoms with Gasteiger partial charge in [-0.15, -0.1) is 0 Å². The molecule has 1 aromatic carbocycles. The van der Waals surface area contributed by atoms with E-state index in [9.17, 15) is 10.4 Å². The Morgan fingerprint density at radius 3 is 2.73 bits per heavy atom. The van der Waals surface area contributed by atoms with Gasteiger partial charge in [-0.1, -0.05) is 48.0 Å². The van der Waals surface area contributed by atoms with Crippen LogP contribution in [-0.2, 0) is 16.0 Å². The Kier molecular flexibility index (Phi) is 7.02. The smallest absolute Gasteiger partial charge is 0.373 e. The predicted octanol–water partition coefficient (Wildman–Crippen LogP) is 4.16. The normalized spacial score (nSPS) is 30.6. The number of rotatable bonds is 3. The van der Waals surface area contributed by atoms with Crippen LogP contribution in [0.5, 0.6) is 0 Å². The lowest BCUT2D eigenvalue weighted by Gasteiger charge is -2.54. The number of halogens is 1. The number of nitrogens with one attached hydrogen (secondary N) is 1. The van der Waals surface area contributed by atoms with E-state index in [1.54, 1.807) is 0 Å². The van der Waals surface area contributed by atoms with E-state index in [0.29, 0.717) is 5.92 Å². The van der Waals surface area contributed by atoms with E-state index in [1.807, 2.05) is 4.90 Å². The van der Waals surface area contributed by atoms with Crippen molar-refractivity contribution in [2.24, 2.45) is 17.3 Å². The molecule has 2 aromatic rings. The van der Waals surface area contributed by atoms with E-state index in [-0.39, 0.29) is 29.6 Å². The van der Waals surface area contributed by atoms with Gasteiger partial charge in [0.1, 0.15) is 0 Å². The molecule has 2 aliphatic rings. The van der Waals surface area contributed by atoms with Crippen LogP contribution in [0.3, 0.4) is 0 Å². The third kappa shape index (κ3) is 4.05. The van der Waals surface area contributed by atoms with Gasteiger partial charge in [0.05, 0.1) is 12.1 Å². The van der Waals surface area contributed by atoms with E-state index in [2.05, 4.69) is 65.2 Å². The lowest BCUT2D eigenvalue weighted by Crippen LogP contribution is -2.53. The molecule has 1 aromatic heterocycles. The van der Waals surface area contributed by atoms with Crippen LogP contribution >= 0.6 is 15.9 Å². The molecule has 7 heteroatoms. The number of hydrogen-bond donors (Lipinski definition) is 2. The number of fused-ring (bicyclic) bond motifs is 2. The van der Waals surface area contributed by atoms with Crippen LogP contribution in [0.2, 0.25) is 0 Å². The van der Waals surface area contributed by atoms with Crippen LogP contribution in [0.4, 0.5) is 0 Å². The Morgan fingerprint density at radius 1 is 1.37 bits per heavy atom. The number of aliphatic hydroxyl groups excluding tert-OH is 1. The molecule has 0 radical (unpaired) electrons. The van der Waals surface area contributed by atoms with E-state index in [4.69, 9.17) is 9.59 Å². The van der Waals surface area contributed by atoms with Crippen molar-refractivity contribution < 1.29 is 14.7 Å². The number of hydrogen-bond acceptors (Lipinski definition) is 5. The van der Waals surface area contributed by atoms with Crippen LogP contribution < -0.4 is 0 Å². The van der Waals surface area contributed by atoms with Crippen molar-refractivity contribution in [3.8, 4) is 6.19 Å². The van der Waals surface area contributed by atoms with Crippen molar-refractivity contribution >= 4 is 33.0 Å². The number of aromatic amines is 1. The van der Waals surface area contributed by atoms with Gasteiger partial charge >= 0.3 is 6.15 Å². The zero-order valence-corrected chi connectivity index (χ0v) is 19.0. The molecular weight excluding hydrogens is 446 g/mol. The number of aromatic nitrogens is 1. The van der Waals surface area contributed by atoms with Gasteiger partial charge in [-0.25, -0.2) is 0 Å². The molecule has 0 unspecified atom stereocenters. The summed E-state index contributed by atoms with van der Waals surface area (Å²) in [5, 5.41) is 22.6. The maximum atomic E-state index is 10.5. The molecule has 4 rings (SSSR count). The molecule has 0 amide bonds. The minimum atomic E-state index is -0.220. The summed E-state index contributed by atoms with van der Waals surface area (Å²) in [7, 11) is 0. The fourth-order valence-corrected chi connectivity index (χ4v) is 6.04. The molecular formula is C23H28BrN3O3. The first-order valence-corrected chi connectivity index (χ1v) is 11.5. The first-order valence-electron chi connectivity index (χ1n) is 10.4. The van der Waals surface area contributed by atoms with Gasteiger partial charge in [-0.05, 0) is 54.6 Å². The first-order chi connectivity index (χ1) is 14.4. The number of aliphatic hydroxyl groups is 1. The predicted molar refractivity (Wildman–Crippen MR) is 116 cm³/mol. The van der Waals surface area contributed by atoms with Crippen LogP contribution in [-0.4, -0.2) is 39.1 Å². The van der Waals surface area contributed by atoms with E-state index >= 15 is 0 Å². The summed E-state index contributed by atoms with van der Waals surface area (Å²) in [6.45, 7) is 5.28. The SMILES string of the molecule is C[C@@H]1[C@H]2C[C@@H](c3[nH]c4ccccc4c3CCBr)N(C#N)C[C@]2(C)CC[C@@H]1O.O=C=O. The van der Waals surface area contributed by atoms with Crippen molar-refractivity contribution in [3.63, 3.8) is 0 Å². The topological polar surface area (TPSA) is 97.2 Å². The largest absolute Gasteiger partial charge is 0.393 e. The molecule has 1 aliphatic heterocycles. The van der Waals surface area contributed by atoms with Crippen LogP contribution in [0.15, 0.2) is 24.3 Å². The molecule has 30 heavy (non-hydrogen) atoms. The second kappa shape index (κ2) is 9.34. The first kappa shape index (κ1) is 22.6. The Labute approximate surface area is 185 Å². The van der Waals surface area contributed by atoms with Crippen molar-refractivity contribution in [1.82, 2.24) is 9.88 Å². The molecule has 2 fully saturated rings. The summed E-state index contributed by atoms with van der Waals surface area (Å²) >= 11 is 3.60.